The highest BCUT2D eigenvalue weighted by molar-refractivity contribution is 7.08. The third-order valence-corrected chi connectivity index (χ3v) is 2.82. The van der Waals surface area contributed by atoms with Gasteiger partial charge in [0.25, 0.3) is 0 Å². The van der Waals surface area contributed by atoms with Crippen LogP contribution in [0.4, 0.5) is 14.5 Å². The number of anilines is 1. The van der Waals surface area contributed by atoms with E-state index in [9.17, 15) is 13.6 Å². The third kappa shape index (κ3) is 3.35. The molecule has 0 bridgehead atoms. The van der Waals surface area contributed by atoms with Gasteiger partial charge in [-0.3, -0.25) is 4.79 Å². The smallest absolute Gasteiger partial charge is 0.228 e. The molecule has 5 heteroatoms. The number of halogens is 2. The summed E-state index contributed by atoms with van der Waals surface area (Å²) in [6, 6.07) is 4.74. The summed E-state index contributed by atoms with van der Waals surface area (Å²) in [5, 5.41) is 6.17. The molecule has 17 heavy (non-hydrogen) atoms. The van der Waals surface area contributed by atoms with Gasteiger partial charge in [0.1, 0.15) is 11.6 Å². The minimum Gasteiger partial charge on any atom is -0.326 e. The molecule has 1 N–H and O–H groups in total. The molecule has 0 unspecified atom stereocenters. The number of carbonyl (C=O) groups is 1. The Balaban J connectivity index is 2.03. The first kappa shape index (κ1) is 11.7. The number of benzene rings is 1. The quantitative estimate of drug-likeness (QED) is 0.894. The zero-order valence-electron chi connectivity index (χ0n) is 8.74. The van der Waals surface area contributed by atoms with Gasteiger partial charge in [0.2, 0.25) is 5.91 Å². The summed E-state index contributed by atoms with van der Waals surface area (Å²) in [6.45, 7) is 0. The van der Waals surface area contributed by atoms with E-state index in [4.69, 9.17) is 0 Å². The van der Waals surface area contributed by atoms with Gasteiger partial charge < -0.3 is 5.32 Å². The molecule has 2 rings (SSSR count). The maximum absolute atomic E-state index is 12.9. The van der Waals surface area contributed by atoms with E-state index in [0.29, 0.717) is 0 Å². The first-order valence-corrected chi connectivity index (χ1v) is 5.85. The molecule has 1 aromatic carbocycles. The van der Waals surface area contributed by atoms with Gasteiger partial charge in [0, 0.05) is 11.8 Å². The van der Waals surface area contributed by atoms with Crippen molar-refractivity contribution >= 4 is 22.9 Å². The van der Waals surface area contributed by atoms with Crippen molar-refractivity contribution in [1.29, 1.82) is 0 Å². The molecule has 0 aliphatic carbocycles. The highest BCUT2D eigenvalue weighted by Crippen LogP contribution is 2.14. The van der Waals surface area contributed by atoms with Gasteiger partial charge in [0.15, 0.2) is 0 Å². The molecule has 88 valence electrons. The van der Waals surface area contributed by atoms with Crippen LogP contribution in [-0.2, 0) is 11.2 Å². The number of nitrogens with one attached hydrogen (secondary N) is 1. The Kier molecular flexibility index (Phi) is 3.49. The number of amides is 1. The van der Waals surface area contributed by atoms with Crippen LogP contribution in [0.15, 0.2) is 35.0 Å². The molecule has 1 amide bonds. The lowest BCUT2D eigenvalue weighted by molar-refractivity contribution is -0.115. The lowest BCUT2D eigenvalue weighted by Crippen LogP contribution is -2.14. The van der Waals surface area contributed by atoms with Crippen molar-refractivity contribution in [3.05, 3.63) is 52.2 Å². The maximum atomic E-state index is 12.9. The van der Waals surface area contributed by atoms with Crippen LogP contribution < -0.4 is 5.32 Å². The fourth-order valence-electron chi connectivity index (χ4n) is 1.41. The largest absolute Gasteiger partial charge is 0.326 e. The second kappa shape index (κ2) is 5.05. The van der Waals surface area contributed by atoms with Crippen LogP contribution in [0, 0.1) is 11.6 Å². The van der Waals surface area contributed by atoms with Crippen LogP contribution in [-0.4, -0.2) is 5.91 Å². The first-order chi connectivity index (χ1) is 8.13. The van der Waals surface area contributed by atoms with Crippen molar-refractivity contribution in [2.75, 3.05) is 5.32 Å². The van der Waals surface area contributed by atoms with Crippen molar-refractivity contribution < 1.29 is 13.6 Å². The van der Waals surface area contributed by atoms with Crippen LogP contribution in [0.2, 0.25) is 0 Å². The minimum absolute atomic E-state index is 0.128. The number of thiophene rings is 1. The first-order valence-electron chi connectivity index (χ1n) is 4.90. The van der Waals surface area contributed by atoms with Gasteiger partial charge >= 0.3 is 0 Å². The predicted molar refractivity (Wildman–Crippen MR) is 63.0 cm³/mol. The Morgan fingerprint density at radius 3 is 2.53 bits per heavy atom. The van der Waals surface area contributed by atoms with E-state index in [0.717, 1.165) is 23.8 Å². The molecule has 0 aliphatic rings. The molecule has 0 fully saturated rings. The topological polar surface area (TPSA) is 29.1 Å². The second-order valence-corrected chi connectivity index (χ2v) is 4.29. The Labute approximate surface area is 101 Å². The van der Waals surface area contributed by atoms with Crippen molar-refractivity contribution in [3.63, 3.8) is 0 Å². The Morgan fingerprint density at radius 1 is 1.24 bits per heavy atom. The molecule has 1 aromatic heterocycles. The van der Waals surface area contributed by atoms with E-state index in [2.05, 4.69) is 5.32 Å². The Morgan fingerprint density at radius 2 is 1.94 bits per heavy atom. The fraction of sp³-hybridized carbons (Fsp3) is 0.0833. The fourth-order valence-corrected chi connectivity index (χ4v) is 2.08. The number of hydrogen-bond acceptors (Lipinski definition) is 2. The molecule has 1 heterocycles. The summed E-state index contributed by atoms with van der Waals surface area (Å²) in [7, 11) is 0. The second-order valence-electron chi connectivity index (χ2n) is 3.51. The summed E-state index contributed by atoms with van der Waals surface area (Å²) in [6.07, 6.45) is 0.196. The van der Waals surface area contributed by atoms with E-state index >= 15 is 0 Å². The van der Waals surface area contributed by atoms with E-state index < -0.39 is 11.6 Å². The van der Waals surface area contributed by atoms with Crippen molar-refractivity contribution in [2.45, 2.75) is 6.42 Å². The van der Waals surface area contributed by atoms with Crippen LogP contribution in [0.3, 0.4) is 0 Å². The van der Waals surface area contributed by atoms with Gasteiger partial charge in [-0.05, 0) is 34.5 Å². The normalized spacial score (nSPS) is 10.2. The monoisotopic (exact) mass is 253 g/mol. The summed E-state index contributed by atoms with van der Waals surface area (Å²) in [5.41, 5.74) is 1.01. The molecular weight excluding hydrogens is 244 g/mol. The highest BCUT2D eigenvalue weighted by Gasteiger charge is 2.06. The lowest BCUT2D eigenvalue weighted by Gasteiger charge is -2.04. The van der Waals surface area contributed by atoms with Crippen LogP contribution in [0.5, 0.6) is 0 Å². The van der Waals surface area contributed by atoms with Gasteiger partial charge in [-0.1, -0.05) is 0 Å². The SMILES string of the molecule is O=C(Cc1ccsc1)Nc1cc(F)cc(F)c1. The average molecular weight is 253 g/mol. The molecule has 0 atom stereocenters. The average Bonchev–Trinajstić information content (AvgIpc) is 2.67. The standard InChI is InChI=1S/C12H9F2NOS/c13-9-4-10(14)6-11(5-9)15-12(16)3-8-1-2-17-7-8/h1-2,4-7H,3H2,(H,15,16). The molecule has 0 radical (unpaired) electrons. The minimum atomic E-state index is -0.712. The van der Waals surface area contributed by atoms with Gasteiger partial charge in [-0.15, -0.1) is 0 Å². The zero-order chi connectivity index (χ0) is 12.3. The molecule has 2 nitrogen and oxygen atoms in total. The maximum Gasteiger partial charge on any atom is 0.228 e. The van der Waals surface area contributed by atoms with Crippen molar-refractivity contribution in [1.82, 2.24) is 0 Å². The predicted octanol–water partition coefficient (Wildman–Crippen LogP) is 3.21. The summed E-state index contributed by atoms with van der Waals surface area (Å²) >= 11 is 1.49. The molecule has 0 spiro atoms. The van der Waals surface area contributed by atoms with Crippen molar-refractivity contribution in [2.24, 2.45) is 0 Å². The van der Waals surface area contributed by atoms with E-state index in [-0.39, 0.29) is 18.0 Å². The highest BCUT2D eigenvalue weighted by atomic mass is 32.1. The summed E-state index contributed by atoms with van der Waals surface area (Å²) < 4.78 is 25.7. The Bertz CT molecular complexity index is 505. The third-order valence-electron chi connectivity index (χ3n) is 2.09. The van der Waals surface area contributed by atoms with E-state index in [1.807, 2.05) is 16.8 Å². The number of hydrogen-bond donors (Lipinski definition) is 1. The van der Waals surface area contributed by atoms with E-state index in [1.165, 1.54) is 11.3 Å². The summed E-state index contributed by atoms with van der Waals surface area (Å²) in [5.74, 6) is -1.72. The number of rotatable bonds is 3. The molecule has 0 saturated carbocycles. The molecule has 0 saturated heterocycles. The molecule has 2 aromatic rings. The zero-order valence-corrected chi connectivity index (χ0v) is 9.56. The van der Waals surface area contributed by atoms with Gasteiger partial charge in [0.05, 0.1) is 6.42 Å². The lowest BCUT2D eigenvalue weighted by atomic mass is 10.2. The molecular formula is C12H9F2NOS. The van der Waals surface area contributed by atoms with Crippen LogP contribution in [0.25, 0.3) is 0 Å². The van der Waals surface area contributed by atoms with Crippen LogP contribution in [0.1, 0.15) is 5.56 Å². The Hall–Kier alpha value is -1.75. The van der Waals surface area contributed by atoms with Crippen LogP contribution >= 0.6 is 11.3 Å². The summed E-state index contributed by atoms with van der Waals surface area (Å²) in [4.78, 5) is 11.6. The number of carbonyl (C=O) groups excluding carboxylic acids is 1. The van der Waals surface area contributed by atoms with Gasteiger partial charge in [-0.25, -0.2) is 8.78 Å². The van der Waals surface area contributed by atoms with Gasteiger partial charge in [-0.2, -0.15) is 11.3 Å². The molecule has 0 aliphatic heterocycles. The van der Waals surface area contributed by atoms with E-state index in [1.54, 1.807) is 0 Å². The van der Waals surface area contributed by atoms with Crippen molar-refractivity contribution in [3.8, 4) is 0 Å².